The average molecular weight is 485 g/mol. The summed E-state index contributed by atoms with van der Waals surface area (Å²) in [5, 5.41) is 2.68. The van der Waals surface area contributed by atoms with E-state index in [-0.39, 0.29) is 12.5 Å². The lowest BCUT2D eigenvalue weighted by Gasteiger charge is -2.32. The molecule has 1 saturated heterocycles. The average Bonchev–Trinajstić information content (AvgIpc) is 3.31. The van der Waals surface area contributed by atoms with Crippen molar-refractivity contribution in [3.8, 4) is 0 Å². The van der Waals surface area contributed by atoms with Crippen molar-refractivity contribution in [2.24, 2.45) is 0 Å². The van der Waals surface area contributed by atoms with Crippen LogP contribution in [0.2, 0.25) is 0 Å². The summed E-state index contributed by atoms with van der Waals surface area (Å²) >= 11 is 0. The minimum Gasteiger partial charge on any atom is -0.461 e. The number of alkyl carbamates (subject to hydrolysis) is 1. The minimum absolute atomic E-state index is 0.0778. The second kappa shape index (κ2) is 10.7. The molecule has 1 aromatic rings. The molecule has 1 atom stereocenters. The number of ether oxygens (including phenoxy) is 2. The van der Waals surface area contributed by atoms with Gasteiger partial charge < -0.3 is 24.1 Å². The maximum absolute atomic E-state index is 12.8. The van der Waals surface area contributed by atoms with Crippen LogP contribution in [0.5, 0.6) is 0 Å². The Morgan fingerprint density at radius 2 is 1.77 bits per heavy atom. The van der Waals surface area contributed by atoms with Gasteiger partial charge in [-0.15, -0.1) is 0 Å². The lowest BCUT2D eigenvalue weighted by molar-refractivity contribution is -0.151. The van der Waals surface area contributed by atoms with E-state index in [9.17, 15) is 9.59 Å². The normalized spacial score (nSPS) is 20.7. The molecule has 1 N–H and O–H groups in total. The number of carbonyl (C=O) groups excluding carboxylic acids is 2. The Morgan fingerprint density at radius 1 is 1.14 bits per heavy atom. The SMILES string of the molecule is CC(C)(C)OC(=O)NC(C/C=C/c1cccc(B2OC(C)(C)C(C)(C)O2)c1)C(=O)OC1CCCC1. The lowest BCUT2D eigenvalue weighted by Crippen LogP contribution is -2.44. The molecular formula is C27H40BNO6. The molecule has 192 valence electrons. The highest BCUT2D eigenvalue weighted by molar-refractivity contribution is 6.62. The second-order valence-electron chi connectivity index (χ2n) is 11.4. The van der Waals surface area contributed by atoms with Gasteiger partial charge in [-0.1, -0.05) is 36.4 Å². The zero-order valence-corrected chi connectivity index (χ0v) is 22.2. The quantitative estimate of drug-likeness (QED) is 0.443. The summed E-state index contributed by atoms with van der Waals surface area (Å²) in [4.78, 5) is 25.2. The Morgan fingerprint density at radius 3 is 2.37 bits per heavy atom. The van der Waals surface area contributed by atoms with Crippen LogP contribution in [0.3, 0.4) is 0 Å². The minimum atomic E-state index is -0.826. The fraction of sp³-hybridized carbons (Fsp3) is 0.630. The first-order chi connectivity index (χ1) is 16.3. The number of esters is 1. The molecule has 8 heteroatoms. The van der Waals surface area contributed by atoms with Crippen LogP contribution < -0.4 is 10.8 Å². The number of amides is 1. The predicted molar refractivity (Wildman–Crippen MR) is 137 cm³/mol. The zero-order chi connectivity index (χ0) is 25.9. The second-order valence-corrected chi connectivity index (χ2v) is 11.4. The number of rotatable bonds is 7. The van der Waals surface area contributed by atoms with Gasteiger partial charge in [0.05, 0.1) is 11.2 Å². The fourth-order valence-electron chi connectivity index (χ4n) is 4.05. The predicted octanol–water partition coefficient (Wildman–Crippen LogP) is 4.77. The van der Waals surface area contributed by atoms with Gasteiger partial charge in [0.15, 0.2) is 0 Å². The summed E-state index contributed by atoms with van der Waals surface area (Å²) < 4.78 is 23.3. The molecule has 1 aliphatic heterocycles. The molecule has 1 saturated carbocycles. The zero-order valence-electron chi connectivity index (χ0n) is 22.2. The smallest absolute Gasteiger partial charge is 0.461 e. The topological polar surface area (TPSA) is 83.1 Å². The van der Waals surface area contributed by atoms with Crippen LogP contribution in [-0.4, -0.2) is 48.1 Å². The third-order valence-corrected chi connectivity index (χ3v) is 6.68. The Kier molecular flexibility index (Phi) is 8.38. The summed E-state index contributed by atoms with van der Waals surface area (Å²) in [5.74, 6) is -0.432. The van der Waals surface area contributed by atoms with E-state index in [4.69, 9.17) is 18.8 Å². The Labute approximate surface area is 210 Å². The van der Waals surface area contributed by atoms with Crippen molar-refractivity contribution in [3.05, 3.63) is 35.9 Å². The molecule has 35 heavy (non-hydrogen) atoms. The summed E-state index contributed by atoms with van der Waals surface area (Å²) in [6.45, 7) is 13.5. The molecule has 1 aromatic carbocycles. The number of hydrogen-bond acceptors (Lipinski definition) is 6. The fourth-order valence-corrected chi connectivity index (χ4v) is 4.05. The third-order valence-electron chi connectivity index (χ3n) is 6.68. The molecule has 3 rings (SSSR count). The van der Waals surface area contributed by atoms with Crippen LogP contribution >= 0.6 is 0 Å². The van der Waals surface area contributed by atoms with Gasteiger partial charge in [0.1, 0.15) is 17.7 Å². The van der Waals surface area contributed by atoms with Gasteiger partial charge >= 0.3 is 19.2 Å². The molecule has 0 radical (unpaired) electrons. The van der Waals surface area contributed by atoms with Gasteiger partial charge in [-0.05, 0) is 91.6 Å². The summed E-state index contributed by atoms with van der Waals surface area (Å²) in [6.07, 6.45) is 7.20. The molecular weight excluding hydrogens is 445 g/mol. The molecule has 2 aliphatic rings. The van der Waals surface area contributed by atoms with Crippen molar-refractivity contribution in [2.45, 2.75) is 110 Å². The van der Waals surface area contributed by atoms with Gasteiger partial charge in [-0.2, -0.15) is 0 Å². The first kappa shape index (κ1) is 27.3. The van der Waals surface area contributed by atoms with Gasteiger partial charge in [0.2, 0.25) is 0 Å². The van der Waals surface area contributed by atoms with E-state index < -0.39 is 42.0 Å². The van der Waals surface area contributed by atoms with E-state index in [1.807, 2.05) is 64.1 Å². The standard InChI is InChI=1S/C27H40BNO6/c1-25(2,3)33-24(31)29-22(23(30)32-21-15-8-9-16-21)17-11-13-19-12-10-14-20(18-19)28-34-26(4,5)27(6,7)35-28/h10-14,18,21-22H,8-9,15-17H2,1-7H3,(H,29,31)/b13-11+. The molecule has 0 bridgehead atoms. The van der Waals surface area contributed by atoms with Gasteiger partial charge in [0.25, 0.3) is 0 Å². The summed E-state index contributed by atoms with van der Waals surface area (Å²) in [5.41, 5.74) is 0.383. The van der Waals surface area contributed by atoms with Gasteiger partial charge in [-0.3, -0.25) is 0 Å². The highest BCUT2D eigenvalue weighted by atomic mass is 16.7. The highest BCUT2D eigenvalue weighted by Crippen LogP contribution is 2.36. The van der Waals surface area contributed by atoms with Crippen LogP contribution in [-0.2, 0) is 23.6 Å². The van der Waals surface area contributed by atoms with Crippen molar-refractivity contribution in [1.82, 2.24) is 5.32 Å². The van der Waals surface area contributed by atoms with Gasteiger partial charge in [0, 0.05) is 0 Å². The Hall–Kier alpha value is -2.32. The maximum atomic E-state index is 12.8. The van der Waals surface area contributed by atoms with Crippen molar-refractivity contribution in [1.29, 1.82) is 0 Å². The molecule has 7 nitrogen and oxygen atoms in total. The molecule has 1 heterocycles. The van der Waals surface area contributed by atoms with E-state index in [1.165, 1.54) is 0 Å². The maximum Gasteiger partial charge on any atom is 0.494 e. The Balaban J connectivity index is 1.67. The summed E-state index contributed by atoms with van der Waals surface area (Å²) in [7, 11) is -0.448. The number of nitrogens with one attached hydrogen (secondary N) is 1. The first-order valence-corrected chi connectivity index (χ1v) is 12.6. The van der Waals surface area contributed by atoms with Crippen molar-refractivity contribution in [2.75, 3.05) is 0 Å². The molecule has 0 spiro atoms. The van der Waals surface area contributed by atoms with Gasteiger partial charge in [-0.25, -0.2) is 9.59 Å². The van der Waals surface area contributed by atoms with Crippen LogP contribution in [0.15, 0.2) is 30.3 Å². The van der Waals surface area contributed by atoms with E-state index in [0.29, 0.717) is 0 Å². The number of hydrogen-bond donors (Lipinski definition) is 1. The van der Waals surface area contributed by atoms with Crippen LogP contribution in [0, 0.1) is 0 Å². The Bertz CT molecular complexity index is 914. The van der Waals surface area contributed by atoms with Crippen LogP contribution in [0.4, 0.5) is 4.79 Å². The van der Waals surface area contributed by atoms with E-state index in [1.54, 1.807) is 20.8 Å². The summed E-state index contributed by atoms with van der Waals surface area (Å²) in [6, 6.07) is 7.08. The first-order valence-electron chi connectivity index (χ1n) is 12.6. The largest absolute Gasteiger partial charge is 0.494 e. The van der Waals surface area contributed by atoms with E-state index in [2.05, 4.69) is 5.32 Å². The van der Waals surface area contributed by atoms with Crippen molar-refractivity contribution in [3.63, 3.8) is 0 Å². The molecule has 0 aromatic heterocycles. The number of carbonyl (C=O) groups is 2. The molecule has 2 fully saturated rings. The highest BCUT2D eigenvalue weighted by Gasteiger charge is 2.51. The third kappa shape index (κ3) is 7.58. The van der Waals surface area contributed by atoms with Crippen molar-refractivity contribution < 1.29 is 28.4 Å². The van der Waals surface area contributed by atoms with E-state index in [0.717, 1.165) is 36.7 Å². The molecule has 1 unspecified atom stereocenters. The number of benzene rings is 1. The lowest BCUT2D eigenvalue weighted by atomic mass is 9.78. The van der Waals surface area contributed by atoms with Crippen molar-refractivity contribution >= 4 is 30.7 Å². The van der Waals surface area contributed by atoms with Crippen LogP contribution in [0.1, 0.15) is 86.1 Å². The molecule has 1 amide bonds. The van der Waals surface area contributed by atoms with E-state index >= 15 is 0 Å². The monoisotopic (exact) mass is 485 g/mol. The van der Waals surface area contributed by atoms with Crippen LogP contribution in [0.25, 0.3) is 6.08 Å². The molecule has 1 aliphatic carbocycles.